The summed E-state index contributed by atoms with van der Waals surface area (Å²) >= 11 is 5.08. The van der Waals surface area contributed by atoms with Gasteiger partial charge in [0.05, 0.1) is 6.61 Å². The molecule has 0 bridgehead atoms. The topological polar surface area (TPSA) is 24.5 Å². The van der Waals surface area contributed by atoms with Gasteiger partial charge in [-0.1, -0.05) is 0 Å². The fourth-order valence-electron chi connectivity index (χ4n) is 0.880. The van der Waals surface area contributed by atoms with Crippen molar-refractivity contribution in [3.63, 3.8) is 0 Å². The minimum absolute atomic E-state index is 0.742. The van der Waals surface area contributed by atoms with Gasteiger partial charge < -0.3 is 15.0 Å². The van der Waals surface area contributed by atoms with Gasteiger partial charge in [-0.05, 0) is 26.1 Å². The minimum atomic E-state index is 0.742. The molecule has 0 unspecified atom stereocenters. The highest BCUT2D eigenvalue weighted by atomic mass is 32.1. The van der Waals surface area contributed by atoms with Gasteiger partial charge in [0.1, 0.15) is 0 Å². The number of ether oxygens (including phenoxy) is 1. The molecule has 0 fully saturated rings. The van der Waals surface area contributed by atoms with Crippen LogP contribution in [0.1, 0.15) is 13.8 Å². The molecular formula is C8H18N2OS. The van der Waals surface area contributed by atoms with Crippen molar-refractivity contribution in [2.75, 3.05) is 33.4 Å². The second-order valence-electron chi connectivity index (χ2n) is 2.33. The summed E-state index contributed by atoms with van der Waals surface area (Å²) < 4.78 is 5.23. The molecule has 0 rings (SSSR count). The van der Waals surface area contributed by atoms with Crippen molar-refractivity contribution in [2.45, 2.75) is 13.8 Å². The third-order valence-corrected chi connectivity index (χ3v) is 2.05. The first-order valence-electron chi connectivity index (χ1n) is 4.30. The summed E-state index contributed by atoms with van der Waals surface area (Å²) in [7, 11) is 1.84. The number of rotatable bonds is 5. The standard InChI is InChI=1S/C8H18N2OS/c1-4-10(8(12)9-3)6-7-11-5-2/h4-7H2,1-3H3,(H,9,12). The lowest BCUT2D eigenvalue weighted by Gasteiger charge is -2.22. The van der Waals surface area contributed by atoms with Crippen LogP contribution in [-0.2, 0) is 4.74 Å². The molecule has 0 atom stereocenters. The van der Waals surface area contributed by atoms with E-state index in [2.05, 4.69) is 17.1 Å². The predicted octanol–water partition coefficient (Wildman–Crippen LogP) is 0.849. The summed E-state index contributed by atoms with van der Waals surface area (Å²) in [6, 6.07) is 0. The van der Waals surface area contributed by atoms with Crippen LogP contribution in [0.15, 0.2) is 0 Å². The van der Waals surface area contributed by atoms with E-state index in [4.69, 9.17) is 17.0 Å². The fourth-order valence-corrected chi connectivity index (χ4v) is 1.10. The summed E-state index contributed by atoms with van der Waals surface area (Å²) in [5, 5.41) is 3.73. The lowest BCUT2D eigenvalue weighted by Crippen LogP contribution is -2.39. The summed E-state index contributed by atoms with van der Waals surface area (Å²) in [5.74, 6) is 0. The summed E-state index contributed by atoms with van der Waals surface area (Å²) in [6.45, 7) is 7.37. The lowest BCUT2D eigenvalue weighted by molar-refractivity contribution is 0.133. The monoisotopic (exact) mass is 190 g/mol. The average molecular weight is 190 g/mol. The molecule has 72 valence electrons. The van der Waals surface area contributed by atoms with Crippen molar-refractivity contribution in [3.05, 3.63) is 0 Å². The Morgan fingerprint density at radius 3 is 2.58 bits per heavy atom. The first-order valence-corrected chi connectivity index (χ1v) is 4.71. The maximum atomic E-state index is 5.23. The Bertz CT molecular complexity index is 130. The molecule has 0 aliphatic heterocycles. The van der Waals surface area contributed by atoms with E-state index >= 15 is 0 Å². The third kappa shape index (κ3) is 4.51. The van der Waals surface area contributed by atoms with Gasteiger partial charge in [-0.25, -0.2) is 0 Å². The van der Waals surface area contributed by atoms with Gasteiger partial charge in [0.2, 0.25) is 0 Å². The Balaban J connectivity index is 3.60. The highest BCUT2D eigenvalue weighted by molar-refractivity contribution is 7.80. The van der Waals surface area contributed by atoms with E-state index < -0.39 is 0 Å². The molecule has 12 heavy (non-hydrogen) atoms. The molecule has 0 heterocycles. The molecule has 0 amide bonds. The fraction of sp³-hybridized carbons (Fsp3) is 0.875. The Morgan fingerprint density at radius 2 is 2.17 bits per heavy atom. The molecule has 0 aromatic rings. The van der Waals surface area contributed by atoms with E-state index in [1.165, 1.54) is 0 Å². The van der Waals surface area contributed by atoms with Crippen LogP contribution in [0.3, 0.4) is 0 Å². The van der Waals surface area contributed by atoms with Crippen LogP contribution in [0.4, 0.5) is 0 Å². The van der Waals surface area contributed by atoms with Crippen molar-refractivity contribution >= 4 is 17.3 Å². The zero-order valence-corrected chi connectivity index (χ0v) is 8.91. The zero-order chi connectivity index (χ0) is 9.40. The van der Waals surface area contributed by atoms with Crippen LogP contribution in [0, 0.1) is 0 Å². The van der Waals surface area contributed by atoms with Crippen molar-refractivity contribution in [1.82, 2.24) is 10.2 Å². The number of thiocarbonyl (C=S) groups is 1. The van der Waals surface area contributed by atoms with Crippen LogP contribution in [0.25, 0.3) is 0 Å². The zero-order valence-electron chi connectivity index (χ0n) is 8.09. The number of nitrogens with one attached hydrogen (secondary N) is 1. The smallest absolute Gasteiger partial charge is 0.168 e. The quantitative estimate of drug-likeness (QED) is 0.513. The predicted molar refractivity (Wildman–Crippen MR) is 55.4 cm³/mol. The molecule has 3 nitrogen and oxygen atoms in total. The normalized spacial score (nSPS) is 9.58. The van der Waals surface area contributed by atoms with Crippen LogP contribution in [0.5, 0.6) is 0 Å². The van der Waals surface area contributed by atoms with E-state index in [0.29, 0.717) is 0 Å². The van der Waals surface area contributed by atoms with Crippen molar-refractivity contribution < 1.29 is 4.74 Å². The molecule has 0 saturated carbocycles. The van der Waals surface area contributed by atoms with Crippen LogP contribution in [-0.4, -0.2) is 43.4 Å². The van der Waals surface area contributed by atoms with Crippen molar-refractivity contribution in [2.24, 2.45) is 0 Å². The Kier molecular flexibility index (Phi) is 7.09. The summed E-state index contributed by atoms with van der Waals surface area (Å²) in [5.41, 5.74) is 0. The minimum Gasteiger partial charge on any atom is -0.380 e. The maximum Gasteiger partial charge on any atom is 0.168 e. The first-order chi connectivity index (χ1) is 5.76. The number of hydrogen-bond donors (Lipinski definition) is 1. The van der Waals surface area contributed by atoms with Gasteiger partial charge in [-0.2, -0.15) is 0 Å². The summed E-state index contributed by atoms with van der Waals surface area (Å²) in [4.78, 5) is 2.07. The lowest BCUT2D eigenvalue weighted by atomic mass is 10.5. The Hall–Kier alpha value is -0.350. The van der Waals surface area contributed by atoms with Gasteiger partial charge in [0.25, 0.3) is 0 Å². The van der Waals surface area contributed by atoms with E-state index in [-0.39, 0.29) is 0 Å². The van der Waals surface area contributed by atoms with Crippen LogP contribution < -0.4 is 5.32 Å². The second kappa shape index (κ2) is 7.31. The maximum absolute atomic E-state index is 5.23. The van der Waals surface area contributed by atoms with Crippen molar-refractivity contribution in [3.8, 4) is 0 Å². The van der Waals surface area contributed by atoms with Gasteiger partial charge in [0, 0.05) is 26.7 Å². The van der Waals surface area contributed by atoms with E-state index in [1.807, 2.05) is 14.0 Å². The van der Waals surface area contributed by atoms with Gasteiger partial charge in [-0.15, -0.1) is 0 Å². The highest BCUT2D eigenvalue weighted by Gasteiger charge is 2.03. The van der Waals surface area contributed by atoms with Crippen molar-refractivity contribution in [1.29, 1.82) is 0 Å². The number of nitrogens with zero attached hydrogens (tertiary/aromatic N) is 1. The largest absolute Gasteiger partial charge is 0.380 e. The molecule has 0 radical (unpaired) electrons. The molecule has 1 N–H and O–H groups in total. The highest BCUT2D eigenvalue weighted by Crippen LogP contribution is 1.89. The summed E-state index contributed by atoms with van der Waals surface area (Å²) in [6.07, 6.45) is 0. The van der Waals surface area contributed by atoms with E-state index in [9.17, 15) is 0 Å². The molecule has 0 aliphatic carbocycles. The first kappa shape index (κ1) is 11.6. The Labute approximate surface area is 80.1 Å². The van der Waals surface area contributed by atoms with Gasteiger partial charge >= 0.3 is 0 Å². The number of likely N-dealkylation sites (N-methyl/N-ethyl adjacent to an activating group) is 1. The molecule has 4 heteroatoms. The molecule has 0 saturated heterocycles. The van der Waals surface area contributed by atoms with Crippen LogP contribution in [0.2, 0.25) is 0 Å². The third-order valence-electron chi connectivity index (χ3n) is 1.59. The van der Waals surface area contributed by atoms with Gasteiger partial charge in [0.15, 0.2) is 5.11 Å². The van der Waals surface area contributed by atoms with Gasteiger partial charge in [-0.3, -0.25) is 0 Å². The van der Waals surface area contributed by atoms with Crippen LogP contribution >= 0.6 is 12.2 Å². The molecular weight excluding hydrogens is 172 g/mol. The van der Waals surface area contributed by atoms with E-state index in [1.54, 1.807) is 0 Å². The molecule has 0 aromatic heterocycles. The molecule has 0 aliphatic rings. The molecule has 0 aromatic carbocycles. The second-order valence-corrected chi connectivity index (χ2v) is 2.72. The number of hydrogen-bond acceptors (Lipinski definition) is 2. The SMILES string of the molecule is CCOCCN(CC)C(=S)NC. The Morgan fingerprint density at radius 1 is 1.50 bits per heavy atom. The van der Waals surface area contributed by atoms with E-state index in [0.717, 1.165) is 31.4 Å². The average Bonchev–Trinajstić information content (AvgIpc) is 2.11. The molecule has 0 spiro atoms.